The molecule has 0 amide bonds. The molecule has 2 N–H and O–H groups in total. The predicted octanol–water partition coefficient (Wildman–Crippen LogP) is 2.65. The highest BCUT2D eigenvalue weighted by atomic mass is 32.1. The summed E-state index contributed by atoms with van der Waals surface area (Å²) in [4.78, 5) is 0.411. The summed E-state index contributed by atoms with van der Waals surface area (Å²) in [6.07, 6.45) is 2.26. The summed E-state index contributed by atoms with van der Waals surface area (Å²) in [6, 6.07) is 7.77. The lowest BCUT2D eigenvalue weighted by Gasteiger charge is -2.09. The van der Waals surface area contributed by atoms with Crippen LogP contribution in [0.2, 0.25) is 0 Å². The molecule has 4 heteroatoms. The van der Waals surface area contributed by atoms with E-state index in [0.717, 1.165) is 30.6 Å². The third kappa shape index (κ3) is 5.58. The topological polar surface area (TPSA) is 44.5 Å². The molecule has 0 unspecified atom stereocenters. The molecular weight excluding hydrogens is 246 g/mol. The van der Waals surface area contributed by atoms with E-state index in [0.29, 0.717) is 24.8 Å². The van der Waals surface area contributed by atoms with Gasteiger partial charge in [-0.05, 0) is 12.0 Å². The Balaban J connectivity index is 2.25. The van der Waals surface area contributed by atoms with Gasteiger partial charge in [-0.2, -0.15) is 0 Å². The van der Waals surface area contributed by atoms with E-state index >= 15 is 0 Å². The van der Waals surface area contributed by atoms with Crippen molar-refractivity contribution in [3.63, 3.8) is 0 Å². The molecule has 0 aliphatic rings. The molecule has 3 nitrogen and oxygen atoms in total. The number of rotatable bonds is 9. The normalized spacial score (nSPS) is 10.5. The Kier molecular flexibility index (Phi) is 7.57. The number of thiocarbonyl (C=S) groups is 1. The van der Waals surface area contributed by atoms with Crippen LogP contribution in [0.15, 0.2) is 24.3 Å². The minimum absolute atomic E-state index is 0.411. The van der Waals surface area contributed by atoms with Gasteiger partial charge >= 0.3 is 0 Å². The third-order valence-corrected chi connectivity index (χ3v) is 2.77. The molecule has 1 aromatic rings. The SMILES string of the molecule is CCCCOCCOCc1ccccc1C(N)=S. The van der Waals surface area contributed by atoms with Gasteiger partial charge in [-0.3, -0.25) is 0 Å². The molecule has 18 heavy (non-hydrogen) atoms. The predicted molar refractivity (Wildman–Crippen MR) is 77.7 cm³/mol. The van der Waals surface area contributed by atoms with Crippen LogP contribution in [0, 0.1) is 0 Å². The molecule has 100 valence electrons. The van der Waals surface area contributed by atoms with Gasteiger partial charge < -0.3 is 15.2 Å². The van der Waals surface area contributed by atoms with Gasteiger partial charge in [-0.25, -0.2) is 0 Å². The number of hydrogen-bond acceptors (Lipinski definition) is 3. The quantitative estimate of drug-likeness (QED) is 0.552. The van der Waals surface area contributed by atoms with E-state index in [1.807, 2.05) is 24.3 Å². The maximum Gasteiger partial charge on any atom is 0.104 e. The summed E-state index contributed by atoms with van der Waals surface area (Å²) in [5.41, 5.74) is 7.57. The van der Waals surface area contributed by atoms with Crippen molar-refractivity contribution >= 4 is 17.2 Å². The highest BCUT2D eigenvalue weighted by molar-refractivity contribution is 7.80. The van der Waals surface area contributed by atoms with E-state index in [1.54, 1.807) is 0 Å². The van der Waals surface area contributed by atoms with Crippen LogP contribution in [0.3, 0.4) is 0 Å². The van der Waals surface area contributed by atoms with E-state index < -0.39 is 0 Å². The average molecular weight is 267 g/mol. The van der Waals surface area contributed by atoms with E-state index in [2.05, 4.69) is 6.92 Å². The van der Waals surface area contributed by atoms with Crippen LogP contribution >= 0.6 is 12.2 Å². The number of ether oxygens (including phenoxy) is 2. The Labute approximate surface area is 114 Å². The molecule has 0 radical (unpaired) electrons. The van der Waals surface area contributed by atoms with Crippen LogP contribution in [0.5, 0.6) is 0 Å². The number of unbranched alkanes of at least 4 members (excludes halogenated alkanes) is 1. The summed E-state index contributed by atoms with van der Waals surface area (Å²) in [7, 11) is 0. The Morgan fingerprint density at radius 3 is 2.61 bits per heavy atom. The van der Waals surface area contributed by atoms with Crippen LogP contribution in [0.25, 0.3) is 0 Å². The van der Waals surface area contributed by atoms with Crippen LogP contribution in [0.1, 0.15) is 30.9 Å². The Hall–Kier alpha value is -0.970. The number of hydrogen-bond donors (Lipinski definition) is 1. The van der Waals surface area contributed by atoms with Crippen LogP contribution in [-0.2, 0) is 16.1 Å². The molecule has 0 fully saturated rings. The lowest BCUT2D eigenvalue weighted by Crippen LogP contribution is -2.13. The molecule has 0 atom stereocenters. The van der Waals surface area contributed by atoms with Gasteiger partial charge in [0.15, 0.2) is 0 Å². The van der Waals surface area contributed by atoms with Crippen molar-refractivity contribution in [3.05, 3.63) is 35.4 Å². The van der Waals surface area contributed by atoms with Gasteiger partial charge in [0.25, 0.3) is 0 Å². The molecule has 1 rings (SSSR count). The van der Waals surface area contributed by atoms with Crippen LogP contribution in [0.4, 0.5) is 0 Å². The highest BCUT2D eigenvalue weighted by Gasteiger charge is 2.03. The lowest BCUT2D eigenvalue weighted by atomic mass is 10.1. The zero-order valence-corrected chi connectivity index (χ0v) is 11.7. The van der Waals surface area contributed by atoms with E-state index in [9.17, 15) is 0 Å². The minimum atomic E-state index is 0.411. The molecule has 0 bridgehead atoms. The molecule has 0 saturated heterocycles. The van der Waals surface area contributed by atoms with Gasteiger partial charge in [0.05, 0.1) is 19.8 Å². The van der Waals surface area contributed by atoms with Crippen molar-refractivity contribution in [2.75, 3.05) is 19.8 Å². The summed E-state index contributed by atoms with van der Waals surface area (Å²) in [5.74, 6) is 0. The first-order valence-corrected chi connectivity index (χ1v) is 6.69. The summed E-state index contributed by atoms with van der Waals surface area (Å²) in [6.45, 7) is 4.70. The Morgan fingerprint density at radius 1 is 1.17 bits per heavy atom. The minimum Gasteiger partial charge on any atom is -0.389 e. The first-order chi connectivity index (χ1) is 8.75. The van der Waals surface area contributed by atoms with E-state index in [-0.39, 0.29) is 0 Å². The van der Waals surface area contributed by atoms with Gasteiger partial charge in [-0.1, -0.05) is 49.8 Å². The zero-order valence-electron chi connectivity index (χ0n) is 10.9. The molecule has 0 heterocycles. The maximum absolute atomic E-state index is 5.65. The van der Waals surface area contributed by atoms with Crippen LogP contribution in [-0.4, -0.2) is 24.8 Å². The molecule has 0 aliphatic heterocycles. The van der Waals surface area contributed by atoms with Gasteiger partial charge in [-0.15, -0.1) is 0 Å². The van der Waals surface area contributed by atoms with Crippen molar-refractivity contribution in [1.82, 2.24) is 0 Å². The summed E-state index contributed by atoms with van der Waals surface area (Å²) < 4.78 is 11.0. The molecule has 0 spiro atoms. The number of nitrogens with two attached hydrogens (primary N) is 1. The molecule has 1 aromatic carbocycles. The molecular formula is C14H21NO2S. The first-order valence-electron chi connectivity index (χ1n) is 6.29. The molecule has 0 saturated carbocycles. The van der Waals surface area contributed by atoms with Crippen molar-refractivity contribution in [3.8, 4) is 0 Å². The summed E-state index contributed by atoms with van der Waals surface area (Å²) >= 11 is 5.00. The van der Waals surface area contributed by atoms with Crippen molar-refractivity contribution in [1.29, 1.82) is 0 Å². The van der Waals surface area contributed by atoms with Gasteiger partial charge in [0.2, 0.25) is 0 Å². The van der Waals surface area contributed by atoms with Gasteiger partial charge in [0, 0.05) is 12.2 Å². The second-order valence-electron chi connectivity index (χ2n) is 4.04. The second kappa shape index (κ2) is 9.03. The van der Waals surface area contributed by atoms with Crippen molar-refractivity contribution in [2.45, 2.75) is 26.4 Å². The third-order valence-electron chi connectivity index (χ3n) is 2.55. The van der Waals surface area contributed by atoms with Crippen LogP contribution < -0.4 is 5.73 Å². The Bertz CT molecular complexity index is 369. The second-order valence-corrected chi connectivity index (χ2v) is 4.48. The monoisotopic (exact) mass is 267 g/mol. The Morgan fingerprint density at radius 2 is 1.89 bits per heavy atom. The highest BCUT2D eigenvalue weighted by Crippen LogP contribution is 2.09. The average Bonchev–Trinajstić information content (AvgIpc) is 2.38. The smallest absolute Gasteiger partial charge is 0.104 e. The van der Waals surface area contributed by atoms with E-state index in [1.165, 1.54) is 0 Å². The maximum atomic E-state index is 5.65. The van der Waals surface area contributed by atoms with Crippen molar-refractivity contribution in [2.24, 2.45) is 5.73 Å². The fraction of sp³-hybridized carbons (Fsp3) is 0.500. The van der Waals surface area contributed by atoms with E-state index in [4.69, 9.17) is 27.4 Å². The first kappa shape index (κ1) is 15.1. The van der Waals surface area contributed by atoms with Gasteiger partial charge in [0.1, 0.15) is 4.99 Å². The number of benzene rings is 1. The lowest BCUT2D eigenvalue weighted by molar-refractivity contribution is 0.0396. The largest absolute Gasteiger partial charge is 0.389 e. The fourth-order valence-corrected chi connectivity index (χ4v) is 1.73. The molecule has 0 aromatic heterocycles. The summed E-state index contributed by atoms with van der Waals surface area (Å²) in [5, 5.41) is 0. The van der Waals surface area contributed by atoms with Crippen molar-refractivity contribution < 1.29 is 9.47 Å². The molecule has 0 aliphatic carbocycles. The zero-order chi connectivity index (χ0) is 13.2. The fourth-order valence-electron chi connectivity index (χ4n) is 1.53. The standard InChI is InChI=1S/C14H21NO2S/c1-2-3-8-16-9-10-17-11-12-6-4-5-7-13(12)14(15)18/h4-7H,2-3,8-11H2,1H3,(H2,15,18).